The second-order valence-corrected chi connectivity index (χ2v) is 6.03. The van der Waals surface area contributed by atoms with E-state index >= 15 is 0 Å². The van der Waals surface area contributed by atoms with Gasteiger partial charge in [-0.15, -0.1) is 0 Å². The maximum Gasteiger partial charge on any atom is 0.211 e. The van der Waals surface area contributed by atoms with Gasteiger partial charge in [-0.3, -0.25) is 4.99 Å². The number of hydrogen-bond acceptors (Lipinski definition) is 3. The Labute approximate surface area is 111 Å². The maximum atomic E-state index is 11.2. The molecule has 0 fully saturated rings. The van der Waals surface area contributed by atoms with Crippen LogP contribution in [0.4, 0.5) is 0 Å². The Morgan fingerprint density at radius 3 is 2.17 bits per heavy atom. The van der Waals surface area contributed by atoms with E-state index in [2.05, 4.69) is 27.3 Å². The fourth-order valence-corrected chi connectivity index (χ4v) is 1.89. The Morgan fingerprint density at radius 2 is 1.67 bits per heavy atom. The molecule has 0 aromatic rings. The van der Waals surface area contributed by atoms with Crippen LogP contribution >= 0.6 is 0 Å². The standard InChI is InChI=1S/C11H26N4O2S/c1-4-6-8-13-11(12-3)14-9-7-10-15-18(16,17)5-2/h15H,4-10H2,1-3H3,(H2,12,13,14). The minimum atomic E-state index is -3.07. The summed E-state index contributed by atoms with van der Waals surface area (Å²) in [5.41, 5.74) is 0. The lowest BCUT2D eigenvalue weighted by atomic mass is 10.3. The normalized spacial score (nSPS) is 12.5. The van der Waals surface area contributed by atoms with Gasteiger partial charge >= 0.3 is 0 Å². The van der Waals surface area contributed by atoms with Gasteiger partial charge in [-0.05, 0) is 19.8 Å². The van der Waals surface area contributed by atoms with Crippen molar-refractivity contribution in [3.05, 3.63) is 0 Å². The summed E-state index contributed by atoms with van der Waals surface area (Å²) >= 11 is 0. The molecule has 0 radical (unpaired) electrons. The zero-order chi connectivity index (χ0) is 13.9. The van der Waals surface area contributed by atoms with Crippen molar-refractivity contribution in [1.29, 1.82) is 0 Å². The molecule has 0 aromatic heterocycles. The predicted octanol–water partition coefficient (Wildman–Crippen LogP) is 0.281. The highest BCUT2D eigenvalue weighted by Crippen LogP contribution is 1.84. The van der Waals surface area contributed by atoms with E-state index in [0.717, 1.165) is 31.8 Å². The third-order valence-electron chi connectivity index (χ3n) is 2.39. The highest BCUT2D eigenvalue weighted by Gasteiger charge is 2.04. The molecule has 6 nitrogen and oxygen atoms in total. The first kappa shape index (κ1) is 17.2. The minimum Gasteiger partial charge on any atom is -0.356 e. The lowest BCUT2D eigenvalue weighted by molar-refractivity contribution is 0.579. The first-order valence-electron chi connectivity index (χ1n) is 6.47. The van der Waals surface area contributed by atoms with Gasteiger partial charge in [0.25, 0.3) is 0 Å². The first-order valence-corrected chi connectivity index (χ1v) is 8.12. The van der Waals surface area contributed by atoms with Crippen LogP contribution in [0.3, 0.4) is 0 Å². The van der Waals surface area contributed by atoms with Gasteiger partial charge in [-0.1, -0.05) is 13.3 Å². The van der Waals surface area contributed by atoms with Crippen molar-refractivity contribution in [2.24, 2.45) is 4.99 Å². The molecule has 0 aliphatic rings. The van der Waals surface area contributed by atoms with Crippen LogP contribution in [-0.2, 0) is 10.0 Å². The largest absolute Gasteiger partial charge is 0.356 e. The van der Waals surface area contributed by atoms with E-state index in [1.165, 1.54) is 0 Å². The van der Waals surface area contributed by atoms with Crippen molar-refractivity contribution in [3.63, 3.8) is 0 Å². The number of rotatable bonds is 9. The van der Waals surface area contributed by atoms with Gasteiger partial charge < -0.3 is 10.6 Å². The highest BCUT2D eigenvalue weighted by atomic mass is 32.2. The Hall–Kier alpha value is -0.820. The van der Waals surface area contributed by atoms with Crippen LogP contribution in [0.5, 0.6) is 0 Å². The minimum absolute atomic E-state index is 0.126. The zero-order valence-corrected chi connectivity index (χ0v) is 12.4. The van der Waals surface area contributed by atoms with Crippen LogP contribution in [-0.4, -0.2) is 46.8 Å². The van der Waals surface area contributed by atoms with E-state index in [-0.39, 0.29) is 5.75 Å². The SMILES string of the molecule is CCCCNC(=NC)NCCCNS(=O)(=O)CC. The smallest absolute Gasteiger partial charge is 0.211 e. The van der Waals surface area contributed by atoms with Crippen LogP contribution in [0.1, 0.15) is 33.1 Å². The topological polar surface area (TPSA) is 82.6 Å². The van der Waals surface area contributed by atoms with Crippen LogP contribution in [0.25, 0.3) is 0 Å². The van der Waals surface area contributed by atoms with Gasteiger partial charge in [0.15, 0.2) is 5.96 Å². The molecule has 0 aliphatic carbocycles. The lowest BCUT2D eigenvalue weighted by Crippen LogP contribution is -2.39. The lowest BCUT2D eigenvalue weighted by Gasteiger charge is -2.11. The summed E-state index contributed by atoms with van der Waals surface area (Å²) in [6, 6.07) is 0. The fourth-order valence-electron chi connectivity index (χ4n) is 1.23. The molecular formula is C11H26N4O2S. The first-order chi connectivity index (χ1) is 8.55. The van der Waals surface area contributed by atoms with Crippen molar-refractivity contribution >= 4 is 16.0 Å². The maximum absolute atomic E-state index is 11.2. The van der Waals surface area contributed by atoms with E-state index in [1.807, 2.05) is 0 Å². The van der Waals surface area contributed by atoms with Crippen molar-refractivity contribution in [2.75, 3.05) is 32.4 Å². The summed E-state index contributed by atoms with van der Waals surface area (Å²) in [4.78, 5) is 4.08. The molecule has 0 aliphatic heterocycles. The molecule has 0 rings (SSSR count). The Balaban J connectivity index is 3.63. The van der Waals surface area contributed by atoms with Gasteiger partial charge in [-0.25, -0.2) is 13.1 Å². The molecule has 0 atom stereocenters. The number of guanidine groups is 1. The summed E-state index contributed by atoms with van der Waals surface area (Å²) in [6.07, 6.45) is 2.98. The second-order valence-electron chi connectivity index (χ2n) is 3.93. The molecule has 0 spiro atoms. The van der Waals surface area contributed by atoms with E-state index in [1.54, 1.807) is 14.0 Å². The van der Waals surface area contributed by atoms with E-state index < -0.39 is 10.0 Å². The number of hydrogen-bond donors (Lipinski definition) is 3. The molecule has 3 N–H and O–H groups in total. The Kier molecular flexibility index (Phi) is 9.67. The molecular weight excluding hydrogens is 252 g/mol. The van der Waals surface area contributed by atoms with Crippen LogP contribution in [0, 0.1) is 0 Å². The summed E-state index contributed by atoms with van der Waals surface area (Å²) in [7, 11) is -1.34. The van der Waals surface area contributed by atoms with Crippen molar-refractivity contribution in [3.8, 4) is 0 Å². The molecule has 18 heavy (non-hydrogen) atoms. The van der Waals surface area contributed by atoms with Gasteiger partial charge in [0.1, 0.15) is 0 Å². The fraction of sp³-hybridized carbons (Fsp3) is 0.909. The summed E-state index contributed by atoms with van der Waals surface area (Å²) in [5.74, 6) is 0.891. The number of unbranched alkanes of at least 4 members (excludes halogenated alkanes) is 1. The summed E-state index contributed by atoms with van der Waals surface area (Å²) < 4.78 is 24.8. The average molecular weight is 278 g/mol. The molecule has 0 aromatic carbocycles. The molecule has 0 saturated heterocycles. The number of nitrogens with one attached hydrogen (secondary N) is 3. The van der Waals surface area contributed by atoms with Gasteiger partial charge in [0.2, 0.25) is 10.0 Å². The van der Waals surface area contributed by atoms with Crippen LogP contribution in [0.2, 0.25) is 0 Å². The molecule has 0 heterocycles. The van der Waals surface area contributed by atoms with E-state index in [9.17, 15) is 8.42 Å². The van der Waals surface area contributed by atoms with Gasteiger partial charge in [0.05, 0.1) is 5.75 Å². The highest BCUT2D eigenvalue weighted by molar-refractivity contribution is 7.89. The molecule has 108 valence electrons. The number of aliphatic imine (C=N–C) groups is 1. The van der Waals surface area contributed by atoms with E-state index in [4.69, 9.17) is 0 Å². The van der Waals surface area contributed by atoms with Crippen molar-refractivity contribution in [1.82, 2.24) is 15.4 Å². The molecule has 0 unspecified atom stereocenters. The quantitative estimate of drug-likeness (QED) is 0.321. The van der Waals surface area contributed by atoms with Gasteiger partial charge in [-0.2, -0.15) is 0 Å². The molecule has 0 amide bonds. The predicted molar refractivity (Wildman–Crippen MR) is 76.4 cm³/mol. The van der Waals surface area contributed by atoms with Crippen LogP contribution in [0.15, 0.2) is 4.99 Å². The molecule has 0 saturated carbocycles. The summed E-state index contributed by atoms with van der Waals surface area (Å²) in [6.45, 7) is 5.81. The monoisotopic (exact) mass is 278 g/mol. The zero-order valence-electron chi connectivity index (χ0n) is 11.6. The van der Waals surface area contributed by atoms with Gasteiger partial charge in [0, 0.05) is 26.7 Å². The van der Waals surface area contributed by atoms with Crippen molar-refractivity contribution in [2.45, 2.75) is 33.1 Å². The average Bonchev–Trinajstić information content (AvgIpc) is 2.36. The third kappa shape index (κ3) is 9.23. The van der Waals surface area contributed by atoms with Crippen LogP contribution < -0.4 is 15.4 Å². The van der Waals surface area contributed by atoms with Crippen molar-refractivity contribution < 1.29 is 8.42 Å². The Bertz CT molecular complexity index is 328. The van der Waals surface area contributed by atoms with E-state index in [0.29, 0.717) is 13.1 Å². The summed E-state index contributed by atoms with van der Waals surface area (Å²) in [5, 5.41) is 6.33. The second kappa shape index (κ2) is 10.1. The molecule has 7 heteroatoms. The number of sulfonamides is 1. The molecule has 0 bridgehead atoms. The Morgan fingerprint density at radius 1 is 1.06 bits per heavy atom. The number of nitrogens with zero attached hydrogens (tertiary/aromatic N) is 1. The third-order valence-corrected chi connectivity index (χ3v) is 3.80.